The fourth-order valence-corrected chi connectivity index (χ4v) is 1.09. The van der Waals surface area contributed by atoms with Gasteiger partial charge < -0.3 is 10.4 Å². The average Bonchev–Trinajstić information content (AvgIpc) is 2.69. The van der Waals surface area contributed by atoms with Crippen LogP contribution in [0.3, 0.4) is 0 Å². The molecule has 1 amide bonds. The highest BCUT2D eigenvalue weighted by molar-refractivity contribution is 9.10. The number of nitrogens with one attached hydrogen (secondary N) is 1. The molecule has 0 atom stereocenters. The molecule has 1 rings (SSSR count). The SMILES string of the molecule is CC(C)(CO)NC(=O)C1(Br)CC1. The van der Waals surface area contributed by atoms with Crippen molar-refractivity contribution in [3.63, 3.8) is 0 Å². The standard InChI is InChI=1S/C8H14BrNO2/c1-7(2,5-11)10-6(12)8(9)3-4-8/h11H,3-5H2,1-2H3,(H,10,12). The molecular weight excluding hydrogens is 222 g/mol. The van der Waals surface area contributed by atoms with Crippen LogP contribution in [0.4, 0.5) is 0 Å². The summed E-state index contributed by atoms with van der Waals surface area (Å²) in [6, 6.07) is 0. The smallest absolute Gasteiger partial charge is 0.237 e. The van der Waals surface area contributed by atoms with Gasteiger partial charge in [0, 0.05) is 0 Å². The van der Waals surface area contributed by atoms with Gasteiger partial charge in [-0.2, -0.15) is 0 Å². The van der Waals surface area contributed by atoms with E-state index in [1.54, 1.807) is 13.8 Å². The largest absolute Gasteiger partial charge is 0.394 e. The first-order valence-electron chi connectivity index (χ1n) is 4.02. The molecule has 1 saturated carbocycles. The minimum atomic E-state index is -0.513. The number of rotatable bonds is 3. The fraction of sp³-hybridized carbons (Fsp3) is 0.875. The predicted molar refractivity (Wildman–Crippen MR) is 50.2 cm³/mol. The Kier molecular flexibility index (Phi) is 2.50. The van der Waals surface area contributed by atoms with Crippen molar-refractivity contribution in [2.45, 2.75) is 36.6 Å². The number of aliphatic hydroxyl groups is 1. The van der Waals surface area contributed by atoms with Crippen molar-refractivity contribution < 1.29 is 9.90 Å². The first kappa shape index (κ1) is 9.99. The van der Waals surface area contributed by atoms with Gasteiger partial charge in [-0.05, 0) is 26.7 Å². The number of aliphatic hydroxyl groups excluding tert-OH is 1. The lowest BCUT2D eigenvalue weighted by Gasteiger charge is -2.24. The quantitative estimate of drug-likeness (QED) is 0.712. The lowest BCUT2D eigenvalue weighted by molar-refractivity contribution is -0.123. The van der Waals surface area contributed by atoms with Crippen LogP contribution >= 0.6 is 15.9 Å². The molecule has 1 fully saturated rings. The summed E-state index contributed by atoms with van der Waals surface area (Å²) in [5, 5.41) is 11.7. The Morgan fingerprint density at radius 3 is 2.50 bits per heavy atom. The van der Waals surface area contributed by atoms with Gasteiger partial charge in [0.15, 0.2) is 0 Å². The van der Waals surface area contributed by atoms with Crippen LogP contribution in [0.5, 0.6) is 0 Å². The van der Waals surface area contributed by atoms with Crippen molar-refractivity contribution in [1.82, 2.24) is 5.32 Å². The predicted octanol–water partition coefficient (Wildman–Crippen LogP) is 0.801. The minimum absolute atomic E-state index is 0.0125. The Labute approximate surface area is 80.7 Å². The molecule has 1 aliphatic carbocycles. The van der Waals surface area contributed by atoms with Gasteiger partial charge in [-0.15, -0.1) is 0 Å². The van der Waals surface area contributed by atoms with Crippen molar-refractivity contribution in [2.24, 2.45) is 0 Å². The van der Waals surface area contributed by atoms with E-state index in [1.807, 2.05) is 0 Å². The van der Waals surface area contributed by atoms with E-state index in [0.29, 0.717) is 0 Å². The maximum atomic E-state index is 11.4. The first-order valence-corrected chi connectivity index (χ1v) is 4.81. The number of carbonyl (C=O) groups is 1. The zero-order valence-corrected chi connectivity index (χ0v) is 8.94. The number of amides is 1. The second-order valence-corrected chi connectivity index (χ2v) is 5.48. The van der Waals surface area contributed by atoms with Gasteiger partial charge in [0.1, 0.15) is 4.32 Å². The van der Waals surface area contributed by atoms with Gasteiger partial charge in [0.05, 0.1) is 12.1 Å². The molecule has 0 spiro atoms. The second-order valence-electron chi connectivity index (χ2n) is 3.96. The maximum Gasteiger partial charge on any atom is 0.237 e. The minimum Gasteiger partial charge on any atom is -0.394 e. The summed E-state index contributed by atoms with van der Waals surface area (Å²) in [4.78, 5) is 11.4. The van der Waals surface area contributed by atoms with E-state index in [0.717, 1.165) is 12.8 Å². The summed E-state index contributed by atoms with van der Waals surface area (Å²) in [6.07, 6.45) is 1.78. The molecule has 1 aliphatic rings. The lowest BCUT2D eigenvalue weighted by Crippen LogP contribution is -2.49. The average molecular weight is 236 g/mol. The van der Waals surface area contributed by atoms with Crippen LogP contribution < -0.4 is 5.32 Å². The third-order valence-corrected chi connectivity index (χ3v) is 3.10. The van der Waals surface area contributed by atoms with Crippen LogP contribution in [0.2, 0.25) is 0 Å². The molecule has 0 aliphatic heterocycles. The number of carbonyl (C=O) groups excluding carboxylic acids is 1. The molecule has 0 radical (unpaired) electrons. The van der Waals surface area contributed by atoms with E-state index >= 15 is 0 Å². The third-order valence-electron chi connectivity index (χ3n) is 1.94. The molecule has 4 heteroatoms. The van der Waals surface area contributed by atoms with Gasteiger partial charge in [-0.1, -0.05) is 15.9 Å². The van der Waals surface area contributed by atoms with Crippen LogP contribution in [-0.4, -0.2) is 27.5 Å². The number of alkyl halides is 1. The summed E-state index contributed by atoms with van der Waals surface area (Å²) in [5.41, 5.74) is -0.513. The van der Waals surface area contributed by atoms with Crippen LogP contribution in [0.25, 0.3) is 0 Å². The Bertz CT molecular complexity index is 199. The zero-order valence-electron chi connectivity index (χ0n) is 7.35. The summed E-state index contributed by atoms with van der Waals surface area (Å²) in [7, 11) is 0. The first-order chi connectivity index (χ1) is 5.40. The Hall–Kier alpha value is -0.0900. The molecular formula is C8H14BrNO2. The van der Waals surface area contributed by atoms with E-state index < -0.39 is 5.54 Å². The third kappa shape index (κ3) is 2.20. The lowest BCUT2D eigenvalue weighted by atomic mass is 10.1. The van der Waals surface area contributed by atoms with E-state index in [2.05, 4.69) is 21.2 Å². The van der Waals surface area contributed by atoms with E-state index in [9.17, 15) is 4.79 Å². The highest BCUT2D eigenvalue weighted by Gasteiger charge is 2.48. The van der Waals surface area contributed by atoms with Crippen molar-refractivity contribution in [1.29, 1.82) is 0 Å². The van der Waals surface area contributed by atoms with Gasteiger partial charge in [0.2, 0.25) is 5.91 Å². The zero-order chi connectivity index (χ0) is 9.41. The molecule has 3 nitrogen and oxygen atoms in total. The topological polar surface area (TPSA) is 49.3 Å². The monoisotopic (exact) mass is 235 g/mol. The highest BCUT2D eigenvalue weighted by Crippen LogP contribution is 2.44. The Morgan fingerprint density at radius 1 is 1.67 bits per heavy atom. The molecule has 0 unspecified atom stereocenters. The molecule has 70 valence electrons. The second kappa shape index (κ2) is 3.00. The fourth-order valence-electron chi connectivity index (χ4n) is 0.796. The van der Waals surface area contributed by atoms with Crippen molar-refractivity contribution >= 4 is 21.8 Å². The van der Waals surface area contributed by atoms with Crippen molar-refractivity contribution in [3.8, 4) is 0 Å². The Morgan fingerprint density at radius 2 is 2.17 bits per heavy atom. The van der Waals surface area contributed by atoms with Gasteiger partial charge in [-0.3, -0.25) is 4.79 Å². The van der Waals surface area contributed by atoms with E-state index in [4.69, 9.17) is 5.11 Å². The van der Waals surface area contributed by atoms with Gasteiger partial charge in [-0.25, -0.2) is 0 Å². The number of hydrogen-bond donors (Lipinski definition) is 2. The van der Waals surface area contributed by atoms with Gasteiger partial charge >= 0.3 is 0 Å². The summed E-state index contributed by atoms with van der Waals surface area (Å²) in [5.74, 6) is -0.0125. The molecule has 0 aromatic carbocycles. The maximum absolute atomic E-state index is 11.4. The van der Waals surface area contributed by atoms with E-state index in [-0.39, 0.29) is 16.8 Å². The normalized spacial score (nSPS) is 20.3. The highest BCUT2D eigenvalue weighted by atomic mass is 79.9. The summed E-state index contributed by atoms with van der Waals surface area (Å²) in [6.45, 7) is 3.55. The van der Waals surface area contributed by atoms with Crippen LogP contribution in [-0.2, 0) is 4.79 Å². The van der Waals surface area contributed by atoms with Crippen LogP contribution in [0, 0.1) is 0 Å². The molecule has 0 aromatic rings. The van der Waals surface area contributed by atoms with Crippen molar-refractivity contribution in [2.75, 3.05) is 6.61 Å². The molecule has 0 aromatic heterocycles. The van der Waals surface area contributed by atoms with Gasteiger partial charge in [0.25, 0.3) is 0 Å². The number of halogens is 1. The van der Waals surface area contributed by atoms with Crippen LogP contribution in [0.1, 0.15) is 26.7 Å². The number of hydrogen-bond acceptors (Lipinski definition) is 2. The van der Waals surface area contributed by atoms with E-state index in [1.165, 1.54) is 0 Å². The summed E-state index contributed by atoms with van der Waals surface area (Å²) >= 11 is 3.34. The molecule has 0 saturated heterocycles. The van der Waals surface area contributed by atoms with Crippen LogP contribution in [0.15, 0.2) is 0 Å². The molecule has 0 bridgehead atoms. The molecule has 0 heterocycles. The molecule has 12 heavy (non-hydrogen) atoms. The molecule has 2 N–H and O–H groups in total. The Balaban J connectivity index is 2.46. The summed E-state index contributed by atoms with van der Waals surface area (Å²) < 4.78 is -0.334. The van der Waals surface area contributed by atoms with Crippen molar-refractivity contribution in [3.05, 3.63) is 0 Å².